The van der Waals surface area contributed by atoms with Crippen LogP contribution in [-0.4, -0.2) is 25.7 Å². The number of aromatic nitrogens is 4. The lowest BCUT2D eigenvalue weighted by Gasteiger charge is -2.07. The number of halogens is 3. The Balaban J connectivity index is 1.78. The van der Waals surface area contributed by atoms with Crippen LogP contribution in [0.1, 0.15) is 21.2 Å². The first kappa shape index (κ1) is 14.4. The molecule has 1 aromatic carbocycles. The number of benzene rings is 1. The number of hydrogen-bond donors (Lipinski definition) is 1. The third-order valence-electron chi connectivity index (χ3n) is 2.81. The Hall–Kier alpha value is -2.49. The van der Waals surface area contributed by atoms with Crippen molar-refractivity contribution in [2.45, 2.75) is 13.1 Å². The van der Waals surface area contributed by atoms with E-state index >= 15 is 0 Å². The zero-order valence-corrected chi connectivity index (χ0v) is 11.9. The van der Waals surface area contributed by atoms with Crippen molar-refractivity contribution in [3.8, 4) is 0 Å². The maximum absolute atomic E-state index is 12.5. The van der Waals surface area contributed by atoms with E-state index in [1.807, 2.05) is 0 Å². The van der Waals surface area contributed by atoms with E-state index in [0.717, 1.165) is 23.5 Å². The monoisotopic (exact) mass is 327 g/mol. The van der Waals surface area contributed by atoms with Crippen molar-refractivity contribution in [2.24, 2.45) is 0 Å². The molecule has 0 saturated heterocycles. The van der Waals surface area contributed by atoms with Gasteiger partial charge in [0.15, 0.2) is 5.82 Å². The summed E-state index contributed by atoms with van der Waals surface area (Å²) in [6.45, 7) is 1.69. The number of amides is 1. The predicted octanol–water partition coefficient (Wildman–Crippen LogP) is 2.77. The molecule has 0 saturated carbocycles. The summed E-state index contributed by atoms with van der Waals surface area (Å²) in [5.74, 6) is 0.0227. The Morgan fingerprint density at radius 3 is 2.50 bits per heavy atom. The first-order valence-corrected chi connectivity index (χ1v) is 6.84. The number of alkyl halides is 3. The van der Waals surface area contributed by atoms with Crippen LogP contribution in [0.5, 0.6) is 0 Å². The van der Waals surface area contributed by atoms with Gasteiger partial charge in [-0.05, 0) is 31.2 Å². The Morgan fingerprint density at radius 1 is 1.23 bits per heavy atom. The van der Waals surface area contributed by atoms with E-state index < -0.39 is 17.6 Å². The SMILES string of the molecule is Cc1nnc2sc(C(=O)Nc3ccc(C(F)(F)F)cc3)nn12. The van der Waals surface area contributed by atoms with Crippen molar-refractivity contribution in [3.63, 3.8) is 0 Å². The van der Waals surface area contributed by atoms with E-state index in [1.165, 1.54) is 16.6 Å². The molecule has 3 rings (SSSR count). The highest BCUT2D eigenvalue weighted by atomic mass is 32.1. The normalized spacial score (nSPS) is 11.8. The summed E-state index contributed by atoms with van der Waals surface area (Å²) in [6, 6.07) is 4.18. The van der Waals surface area contributed by atoms with Crippen molar-refractivity contribution >= 4 is 27.9 Å². The molecule has 0 atom stereocenters. The summed E-state index contributed by atoms with van der Waals surface area (Å²) in [5, 5.41) is 14.3. The maximum atomic E-state index is 12.5. The quantitative estimate of drug-likeness (QED) is 0.785. The summed E-state index contributed by atoms with van der Waals surface area (Å²) in [5.41, 5.74) is -0.527. The van der Waals surface area contributed by atoms with Crippen molar-refractivity contribution in [1.82, 2.24) is 19.8 Å². The second-order valence-corrected chi connectivity index (χ2v) is 5.33. The summed E-state index contributed by atoms with van der Waals surface area (Å²) >= 11 is 1.04. The molecule has 22 heavy (non-hydrogen) atoms. The lowest BCUT2D eigenvalue weighted by Crippen LogP contribution is -2.12. The molecule has 2 heterocycles. The molecule has 10 heteroatoms. The molecule has 0 bridgehead atoms. The Morgan fingerprint density at radius 2 is 1.91 bits per heavy atom. The van der Waals surface area contributed by atoms with Gasteiger partial charge in [-0.25, -0.2) is 0 Å². The van der Waals surface area contributed by atoms with Crippen LogP contribution in [0.3, 0.4) is 0 Å². The highest BCUT2D eigenvalue weighted by Crippen LogP contribution is 2.29. The highest BCUT2D eigenvalue weighted by molar-refractivity contribution is 7.18. The summed E-state index contributed by atoms with van der Waals surface area (Å²) in [7, 11) is 0. The van der Waals surface area contributed by atoms with E-state index in [9.17, 15) is 18.0 Å². The fourth-order valence-corrected chi connectivity index (χ4v) is 2.51. The molecule has 0 aliphatic rings. The molecule has 0 spiro atoms. The van der Waals surface area contributed by atoms with Crippen LogP contribution < -0.4 is 5.32 Å². The predicted molar refractivity (Wildman–Crippen MR) is 72.8 cm³/mol. The average molecular weight is 327 g/mol. The van der Waals surface area contributed by atoms with Gasteiger partial charge in [0.05, 0.1) is 5.56 Å². The van der Waals surface area contributed by atoms with Crippen LogP contribution in [0.4, 0.5) is 18.9 Å². The fraction of sp³-hybridized carbons (Fsp3) is 0.167. The van der Waals surface area contributed by atoms with E-state index in [1.54, 1.807) is 6.92 Å². The number of carbonyl (C=O) groups excluding carboxylic acids is 1. The largest absolute Gasteiger partial charge is 0.416 e. The number of aryl methyl sites for hydroxylation is 1. The lowest BCUT2D eigenvalue weighted by molar-refractivity contribution is -0.137. The van der Waals surface area contributed by atoms with Crippen molar-refractivity contribution in [1.29, 1.82) is 0 Å². The zero-order valence-electron chi connectivity index (χ0n) is 11.0. The van der Waals surface area contributed by atoms with Gasteiger partial charge in [0.2, 0.25) is 9.97 Å². The van der Waals surface area contributed by atoms with Gasteiger partial charge in [-0.1, -0.05) is 11.3 Å². The van der Waals surface area contributed by atoms with Gasteiger partial charge in [-0.2, -0.15) is 17.7 Å². The second kappa shape index (κ2) is 5.05. The average Bonchev–Trinajstić information content (AvgIpc) is 3.01. The Bertz CT molecular complexity index is 837. The minimum atomic E-state index is -4.41. The van der Waals surface area contributed by atoms with Crippen LogP contribution >= 0.6 is 11.3 Å². The number of anilines is 1. The number of nitrogens with one attached hydrogen (secondary N) is 1. The van der Waals surface area contributed by atoms with Crippen LogP contribution in [0.2, 0.25) is 0 Å². The lowest BCUT2D eigenvalue weighted by atomic mass is 10.2. The second-order valence-electron chi connectivity index (χ2n) is 4.38. The number of fused-ring (bicyclic) bond motifs is 1. The first-order chi connectivity index (χ1) is 10.3. The van der Waals surface area contributed by atoms with E-state index in [0.29, 0.717) is 10.8 Å². The standard InChI is InChI=1S/C12H8F3N5OS/c1-6-17-18-11-20(6)19-10(22-11)9(21)16-8-4-2-7(3-5-8)12(13,14)15/h2-5H,1H3,(H,16,21). The zero-order chi connectivity index (χ0) is 15.9. The number of hydrogen-bond acceptors (Lipinski definition) is 5. The van der Waals surface area contributed by atoms with Crippen molar-refractivity contribution < 1.29 is 18.0 Å². The molecule has 1 amide bonds. The molecule has 0 aliphatic carbocycles. The van der Waals surface area contributed by atoms with Gasteiger partial charge in [-0.15, -0.1) is 15.3 Å². The molecule has 3 aromatic rings. The first-order valence-electron chi connectivity index (χ1n) is 6.02. The van der Waals surface area contributed by atoms with Crippen LogP contribution in [0.15, 0.2) is 24.3 Å². The van der Waals surface area contributed by atoms with Gasteiger partial charge in [-0.3, -0.25) is 4.79 Å². The molecule has 0 fully saturated rings. The third-order valence-corrected chi connectivity index (χ3v) is 3.71. The van der Waals surface area contributed by atoms with Gasteiger partial charge in [0.25, 0.3) is 5.91 Å². The van der Waals surface area contributed by atoms with Crippen LogP contribution in [-0.2, 0) is 6.18 Å². The summed E-state index contributed by atoms with van der Waals surface area (Å²) in [6.07, 6.45) is -4.41. The fourth-order valence-electron chi connectivity index (χ4n) is 1.73. The van der Waals surface area contributed by atoms with E-state index in [2.05, 4.69) is 20.6 Å². The molecule has 2 aromatic heterocycles. The number of carbonyl (C=O) groups is 1. The van der Waals surface area contributed by atoms with Gasteiger partial charge < -0.3 is 5.32 Å². The smallest absolute Gasteiger partial charge is 0.320 e. The minimum Gasteiger partial charge on any atom is -0.320 e. The molecule has 6 nitrogen and oxygen atoms in total. The van der Waals surface area contributed by atoms with Gasteiger partial charge in [0, 0.05) is 5.69 Å². The topological polar surface area (TPSA) is 72.2 Å². The van der Waals surface area contributed by atoms with Gasteiger partial charge >= 0.3 is 6.18 Å². The van der Waals surface area contributed by atoms with Crippen LogP contribution in [0, 0.1) is 6.92 Å². The molecule has 0 radical (unpaired) electrons. The van der Waals surface area contributed by atoms with Crippen molar-refractivity contribution in [2.75, 3.05) is 5.32 Å². The molecule has 0 unspecified atom stereocenters. The number of nitrogens with zero attached hydrogens (tertiary/aromatic N) is 4. The maximum Gasteiger partial charge on any atom is 0.416 e. The van der Waals surface area contributed by atoms with Gasteiger partial charge in [0.1, 0.15) is 0 Å². The van der Waals surface area contributed by atoms with E-state index in [-0.39, 0.29) is 10.7 Å². The molecule has 114 valence electrons. The van der Waals surface area contributed by atoms with Crippen LogP contribution in [0.25, 0.3) is 4.96 Å². The van der Waals surface area contributed by atoms with E-state index in [4.69, 9.17) is 0 Å². The summed E-state index contributed by atoms with van der Waals surface area (Å²) < 4.78 is 38.8. The van der Waals surface area contributed by atoms with Crippen molar-refractivity contribution in [3.05, 3.63) is 40.7 Å². The molecule has 0 aliphatic heterocycles. The molecular formula is C12H8F3N5OS. The summed E-state index contributed by atoms with van der Waals surface area (Å²) in [4.78, 5) is 12.5. The molecule has 1 N–H and O–H groups in total. The molecular weight excluding hydrogens is 319 g/mol. The highest BCUT2D eigenvalue weighted by Gasteiger charge is 2.30. The minimum absolute atomic E-state index is 0.146. The Labute approximate surface area is 125 Å². The third kappa shape index (κ3) is 2.64. The number of rotatable bonds is 2. The Kier molecular flexibility index (Phi) is 3.32.